The van der Waals surface area contributed by atoms with Gasteiger partial charge < -0.3 is 10.1 Å². The number of carbonyl (C=O) groups excluding carboxylic acids is 1. The van der Waals surface area contributed by atoms with Crippen LogP contribution >= 0.6 is 0 Å². The van der Waals surface area contributed by atoms with E-state index >= 15 is 0 Å². The van der Waals surface area contributed by atoms with Crippen LogP contribution in [0.25, 0.3) is 0 Å². The van der Waals surface area contributed by atoms with E-state index in [0.29, 0.717) is 18.8 Å². The molecule has 6 heteroatoms. The van der Waals surface area contributed by atoms with E-state index in [0.717, 1.165) is 0 Å². The zero-order valence-electron chi connectivity index (χ0n) is 7.23. The molecule has 0 atom stereocenters. The summed E-state index contributed by atoms with van der Waals surface area (Å²) in [5, 5.41) is 9.58. The second kappa shape index (κ2) is 5.15. The molecule has 1 rings (SSSR count). The van der Waals surface area contributed by atoms with Crippen LogP contribution in [-0.4, -0.2) is 34.8 Å². The first-order valence-electron chi connectivity index (χ1n) is 3.74. The van der Waals surface area contributed by atoms with E-state index in [4.69, 9.17) is 4.74 Å². The van der Waals surface area contributed by atoms with E-state index in [9.17, 15) is 4.79 Å². The van der Waals surface area contributed by atoms with Gasteiger partial charge in [0.15, 0.2) is 5.82 Å². The number of anilines is 1. The van der Waals surface area contributed by atoms with Crippen molar-refractivity contribution >= 4 is 11.7 Å². The maximum Gasteiger partial charge on any atom is 0.227 e. The van der Waals surface area contributed by atoms with Gasteiger partial charge in [0, 0.05) is 7.11 Å². The number of nitrogens with one attached hydrogen (secondary N) is 1. The van der Waals surface area contributed by atoms with Crippen LogP contribution in [0, 0.1) is 0 Å². The molecule has 6 nitrogen and oxygen atoms in total. The third kappa shape index (κ3) is 3.57. The summed E-state index contributed by atoms with van der Waals surface area (Å²) in [6, 6.07) is 0. The van der Waals surface area contributed by atoms with Crippen LogP contribution in [0.1, 0.15) is 6.42 Å². The first kappa shape index (κ1) is 9.53. The van der Waals surface area contributed by atoms with Crippen molar-refractivity contribution in [2.45, 2.75) is 6.42 Å². The molecule has 0 aliphatic carbocycles. The predicted molar refractivity (Wildman–Crippen MR) is 44.9 cm³/mol. The molecule has 70 valence electrons. The summed E-state index contributed by atoms with van der Waals surface area (Å²) in [6.07, 6.45) is 2.96. The normalized spacial score (nSPS) is 9.62. The number of ether oxygens (including phenoxy) is 1. The third-order valence-corrected chi connectivity index (χ3v) is 1.30. The van der Waals surface area contributed by atoms with Crippen molar-refractivity contribution < 1.29 is 9.53 Å². The van der Waals surface area contributed by atoms with E-state index < -0.39 is 0 Å². The summed E-state index contributed by atoms with van der Waals surface area (Å²) in [4.78, 5) is 14.9. The fraction of sp³-hybridized carbons (Fsp3) is 0.429. The number of rotatable bonds is 4. The van der Waals surface area contributed by atoms with Crippen molar-refractivity contribution in [2.75, 3.05) is 19.0 Å². The number of hydrogen-bond acceptors (Lipinski definition) is 5. The monoisotopic (exact) mass is 182 g/mol. The number of carbonyl (C=O) groups is 1. The van der Waals surface area contributed by atoms with Gasteiger partial charge in [0.05, 0.1) is 19.2 Å². The molecule has 0 unspecified atom stereocenters. The Labute approximate surface area is 75.3 Å². The van der Waals surface area contributed by atoms with Gasteiger partial charge in [-0.05, 0) is 0 Å². The van der Waals surface area contributed by atoms with Gasteiger partial charge in [-0.3, -0.25) is 4.79 Å². The Morgan fingerprint density at radius 2 is 2.46 bits per heavy atom. The van der Waals surface area contributed by atoms with Gasteiger partial charge in [0.1, 0.15) is 6.33 Å². The lowest BCUT2D eigenvalue weighted by atomic mass is 10.4. The SMILES string of the molecule is COCCC(=O)Nc1cnncn1. The van der Waals surface area contributed by atoms with Gasteiger partial charge in [-0.2, -0.15) is 5.10 Å². The smallest absolute Gasteiger partial charge is 0.227 e. The number of aromatic nitrogens is 3. The molecule has 1 aromatic rings. The highest BCUT2D eigenvalue weighted by atomic mass is 16.5. The van der Waals surface area contributed by atoms with Crippen LogP contribution in [0.4, 0.5) is 5.82 Å². The van der Waals surface area contributed by atoms with Crippen molar-refractivity contribution in [3.05, 3.63) is 12.5 Å². The Kier molecular flexibility index (Phi) is 3.77. The topological polar surface area (TPSA) is 77.0 Å². The zero-order chi connectivity index (χ0) is 9.52. The molecule has 0 spiro atoms. The Morgan fingerprint density at radius 1 is 1.62 bits per heavy atom. The van der Waals surface area contributed by atoms with Gasteiger partial charge in [0.2, 0.25) is 5.91 Å². The van der Waals surface area contributed by atoms with Gasteiger partial charge in [-0.15, -0.1) is 5.10 Å². The minimum Gasteiger partial charge on any atom is -0.384 e. The number of hydrogen-bond donors (Lipinski definition) is 1. The number of nitrogens with zero attached hydrogens (tertiary/aromatic N) is 3. The molecule has 0 aliphatic heterocycles. The average molecular weight is 182 g/mol. The Hall–Kier alpha value is -1.56. The summed E-state index contributed by atoms with van der Waals surface area (Å²) < 4.78 is 4.74. The lowest BCUT2D eigenvalue weighted by Gasteiger charge is -2.01. The molecule has 1 aromatic heterocycles. The fourth-order valence-electron chi connectivity index (χ4n) is 0.704. The summed E-state index contributed by atoms with van der Waals surface area (Å²) in [6.45, 7) is 0.393. The Balaban J connectivity index is 2.37. The minimum atomic E-state index is -0.151. The molecule has 0 aliphatic rings. The van der Waals surface area contributed by atoms with Crippen LogP contribution in [0.2, 0.25) is 0 Å². The van der Waals surface area contributed by atoms with Crippen LogP contribution < -0.4 is 5.32 Å². The Morgan fingerprint density at radius 3 is 3.08 bits per heavy atom. The molecular weight excluding hydrogens is 172 g/mol. The number of amides is 1. The van der Waals surface area contributed by atoms with Crippen LogP contribution in [0.3, 0.4) is 0 Å². The molecule has 1 heterocycles. The number of methoxy groups -OCH3 is 1. The lowest BCUT2D eigenvalue weighted by Crippen LogP contribution is -2.14. The third-order valence-electron chi connectivity index (χ3n) is 1.30. The van der Waals surface area contributed by atoms with Gasteiger partial charge in [-0.1, -0.05) is 0 Å². The Bertz CT molecular complexity index is 264. The van der Waals surface area contributed by atoms with E-state index in [1.54, 1.807) is 7.11 Å². The van der Waals surface area contributed by atoms with Crippen molar-refractivity contribution in [3.8, 4) is 0 Å². The highest BCUT2D eigenvalue weighted by Crippen LogP contribution is 1.96. The highest BCUT2D eigenvalue weighted by molar-refractivity contribution is 5.89. The van der Waals surface area contributed by atoms with Crippen LogP contribution in [0.15, 0.2) is 12.5 Å². The lowest BCUT2D eigenvalue weighted by molar-refractivity contribution is -0.117. The highest BCUT2D eigenvalue weighted by Gasteiger charge is 2.01. The molecular formula is C7H10N4O2. The summed E-state index contributed by atoms with van der Waals surface area (Å²) >= 11 is 0. The summed E-state index contributed by atoms with van der Waals surface area (Å²) in [5.41, 5.74) is 0. The second-order valence-corrected chi connectivity index (χ2v) is 2.28. The van der Waals surface area contributed by atoms with E-state index in [1.807, 2.05) is 0 Å². The molecule has 13 heavy (non-hydrogen) atoms. The van der Waals surface area contributed by atoms with E-state index in [-0.39, 0.29) is 5.91 Å². The predicted octanol–water partition coefficient (Wildman–Crippen LogP) is -0.153. The van der Waals surface area contributed by atoms with Crippen molar-refractivity contribution in [3.63, 3.8) is 0 Å². The summed E-state index contributed by atoms with van der Waals surface area (Å²) in [7, 11) is 1.54. The summed E-state index contributed by atoms with van der Waals surface area (Å²) in [5.74, 6) is 0.249. The van der Waals surface area contributed by atoms with Gasteiger partial charge >= 0.3 is 0 Å². The largest absolute Gasteiger partial charge is 0.384 e. The standard InChI is InChI=1S/C7H10N4O2/c1-13-3-2-7(12)11-6-4-9-10-5-8-6/h4-5H,2-3H2,1H3,(H,8,10,11,12). The minimum absolute atomic E-state index is 0.151. The molecule has 0 saturated heterocycles. The molecule has 1 amide bonds. The van der Waals surface area contributed by atoms with E-state index in [2.05, 4.69) is 20.5 Å². The fourth-order valence-corrected chi connectivity index (χ4v) is 0.704. The van der Waals surface area contributed by atoms with Crippen molar-refractivity contribution in [2.24, 2.45) is 0 Å². The zero-order valence-corrected chi connectivity index (χ0v) is 7.23. The maximum atomic E-state index is 11.1. The van der Waals surface area contributed by atoms with E-state index in [1.165, 1.54) is 12.5 Å². The average Bonchev–Trinajstić information content (AvgIpc) is 2.16. The molecule has 0 aromatic carbocycles. The molecule has 0 bridgehead atoms. The quantitative estimate of drug-likeness (QED) is 0.700. The van der Waals surface area contributed by atoms with Crippen LogP contribution in [0.5, 0.6) is 0 Å². The van der Waals surface area contributed by atoms with Crippen molar-refractivity contribution in [1.29, 1.82) is 0 Å². The molecule has 0 radical (unpaired) electrons. The molecule has 1 N–H and O–H groups in total. The first-order valence-corrected chi connectivity index (χ1v) is 3.74. The molecule has 0 saturated carbocycles. The van der Waals surface area contributed by atoms with Crippen LogP contribution in [-0.2, 0) is 9.53 Å². The molecule has 0 fully saturated rings. The maximum absolute atomic E-state index is 11.1. The van der Waals surface area contributed by atoms with Gasteiger partial charge in [0.25, 0.3) is 0 Å². The first-order chi connectivity index (χ1) is 6.33. The van der Waals surface area contributed by atoms with Gasteiger partial charge in [-0.25, -0.2) is 4.98 Å². The van der Waals surface area contributed by atoms with Crippen molar-refractivity contribution in [1.82, 2.24) is 15.2 Å². The second-order valence-electron chi connectivity index (χ2n) is 2.28.